The van der Waals surface area contributed by atoms with Crippen molar-refractivity contribution in [3.05, 3.63) is 0 Å². The summed E-state index contributed by atoms with van der Waals surface area (Å²) in [4.78, 5) is 10.2. The molecule has 0 bridgehead atoms. The van der Waals surface area contributed by atoms with Crippen LogP contribution in [0, 0.1) is 11.3 Å². The van der Waals surface area contributed by atoms with Gasteiger partial charge in [-0.15, -0.1) is 0 Å². The van der Waals surface area contributed by atoms with Gasteiger partial charge in [0.2, 0.25) is 0 Å². The quantitative estimate of drug-likeness (QED) is 0.481. The molecule has 0 aromatic rings. The molecule has 0 aliphatic carbocycles. The third-order valence-corrected chi connectivity index (χ3v) is 4.13. The van der Waals surface area contributed by atoms with Crippen LogP contribution in [0.15, 0.2) is 0 Å². The van der Waals surface area contributed by atoms with Crippen LogP contribution in [-0.2, 0) is 9.78 Å². The third-order valence-electron chi connectivity index (χ3n) is 2.34. The molecule has 0 spiro atoms. The van der Waals surface area contributed by atoms with Crippen LogP contribution >= 0.6 is 11.8 Å². The van der Waals surface area contributed by atoms with E-state index in [2.05, 4.69) is 32.5 Å². The SMILES string of the molecule is CC(C)(C)OOC(C)(C)C.CC1CSCC(C)(C)C1. The van der Waals surface area contributed by atoms with Crippen LogP contribution in [0.5, 0.6) is 0 Å². The molecule has 1 rings (SSSR count). The Morgan fingerprint density at radius 1 is 0.947 bits per heavy atom. The highest BCUT2D eigenvalue weighted by molar-refractivity contribution is 7.99. The summed E-state index contributed by atoms with van der Waals surface area (Å²) < 4.78 is 0. The van der Waals surface area contributed by atoms with Gasteiger partial charge in [0.1, 0.15) is 0 Å². The van der Waals surface area contributed by atoms with Crippen LogP contribution in [0.4, 0.5) is 0 Å². The smallest absolute Gasteiger partial charge is 0.0952 e. The second-order valence-electron chi connectivity index (χ2n) is 8.38. The lowest BCUT2D eigenvalue weighted by Gasteiger charge is -2.32. The molecule has 1 saturated heterocycles. The van der Waals surface area contributed by atoms with E-state index in [4.69, 9.17) is 9.78 Å². The molecule has 0 N–H and O–H groups in total. The van der Waals surface area contributed by atoms with Crippen molar-refractivity contribution >= 4 is 11.8 Å². The van der Waals surface area contributed by atoms with Gasteiger partial charge in [0.15, 0.2) is 0 Å². The van der Waals surface area contributed by atoms with Crippen molar-refractivity contribution in [2.75, 3.05) is 11.5 Å². The fourth-order valence-electron chi connectivity index (χ4n) is 1.85. The van der Waals surface area contributed by atoms with E-state index < -0.39 is 0 Å². The molecule has 1 fully saturated rings. The summed E-state index contributed by atoms with van der Waals surface area (Å²) in [7, 11) is 0. The average molecular weight is 291 g/mol. The van der Waals surface area contributed by atoms with Crippen molar-refractivity contribution in [1.29, 1.82) is 0 Å². The minimum absolute atomic E-state index is 0.215. The molecule has 1 unspecified atom stereocenters. The lowest BCUT2D eigenvalue weighted by molar-refractivity contribution is -0.393. The second kappa shape index (κ2) is 7.33. The Morgan fingerprint density at radius 2 is 1.37 bits per heavy atom. The van der Waals surface area contributed by atoms with Crippen molar-refractivity contribution in [2.24, 2.45) is 11.3 Å². The first-order chi connectivity index (χ1) is 8.31. The second-order valence-corrected chi connectivity index (χ2v) is 9.41. The lowest BCUT2D eigenvalue weighted by Crippen LogP contribution is -2.27. The third kappa shape index (κ3) is 13.0. The van der Waals surface area contributed by atoms with E-state index in [1.54, 1.807) is 0 Å². The van der Waals surface area contributed by atoms with Gasteiger partial charge < -0.3 is 0 Å². The largest absolute Gasteiger partial charge is 0.230 e. The molecule has 1 heterocycles. The van der Waals surface area contributed by atoms with Gasteiger partial charge in [-0.2, -0.15) is 11.8 Å². The van der Waals surface area contributed by atoms with Gasteiger partial charge in [-0.3, -0.25) is 0 Å². The van der Waals surface area contributed by atoms with Gasteiger partial charge >= 0.3 is 0 Å². The summed E-state index contributed by atoms with van der Waals surface area (Å²) in [5.74, 6) is 3.68. The minimum Gasteiger partial charge on any atom is -0.230 e. The van der Waals surface area contributed by atoms with Crippen molar-refractivity contribution in [2.45, 2.75) is 79.9 Å². The molecular weight excluding hydrogens is 256 g/mol. The molecule has 19 heavy (non-hydrogen) atoms. The first-order valence-corrected chi connectivity index (χ1v) is 8.41. The molecule has 0 radical (unpaired) electrons. The van der Waals surface area contributed by atoms with Gasteiger partial charge in [0, 0.05) is 0 Å². The van der Waals surface area contributed by atoms with Crippen molar-refractivity contribution in [1.82, 2.24) is 0 Å². The van der Waals surface area contributed by atoms with Crippen LogP contribution in [-0.4, -0.2) is 22.7 Å². The Kier molecular flexibility index (Phi) is 7.43. The highest BCUT2D eigenvalue weighted by Crippen LogP contribution is 2.36. The summed E-state index contributed by atoms with van der Waals surface area (Å²) >= 11 is 2.11. The molecule has 1 aliphatic heterocycles. The molecule has 1 atom stereocenters. The first-order valence-electron chi connectivity index (χ1n) is 7.25. The summed E-state index contributed by atoms with van der Waals surface area (Å²) in [5.41, 5.74) is 0.183. The molecule has 2 nitrogen and oxygen atoms in total. The monoisotopic (exact) mass is 290 g/mol. The zero-order chi connectivity index (χ0) is 15.3. The fourth-order valence-corrected chi connectivity index (χ4v) is 3.16. The zero-order valence-electron chi connectivity index (χ0n) is 14.4. The Bertz CT molecular complexity index is 234. The molecule has 0 aromatic carbocycles. The molecule has 0 aromatic heterocycles. The minimum atomic E-state index is -0.215. The van der Waals surface area contributed by atoms with E-state index in [9.17, 15) is 0 Å². The van der Waals surface area contributed by atoms with Crippen molar-refractivity contribution in [3.63, 3.8) is 0 Å². The maximum absolute atomic E-state index is 5.09. The number of rotatable bonds is 1. The first kappa shape index (κ1) is 19.3. The number of hydrogen-bond acceptors (Lipinski definition) is 3. The maximum Gasteiger partial charge on any atom is 0.0952 e. The van der Waals surface area contributed by atoms with Gasteiger partial charge in [-0.05, 0) is 70.8 Å². The summed E-state index contributed by atoms with van der Waals surface area (Å²) in [6.07, 6.45) is 1.42. The van der Waals surface area contributed by atoms with E-state index in [1.165, 1.54) is 17.9 Å². The van der Waals surface area contributed by atoms with Crippen molar-refractivity contribution < 1.29 is 9.78 Å². The van der Waals surface area contributed by atoms with Crippen molar-refractivity contribution in [3.8, 4) is 0 Å². The van der Waals surface area contributed by atoms with Gasteiger partial charge in [-0.1, -0.05) is 20.8 Å². The van der Waals surface area contributed by atoms with Crippen LogP contribution in [0.2, 0.25) is 0 Å². The number of hydrogen-bond donors (Lipinski definition) is 0. The Morgan fingerprint density at radius 3 is 1.58 bits per heavy atom. The molecular formula is C16H34O2S. The van der Waals surface area contributed by atoms with Crippen LogP contribution < -0.4 is 0 Å². The van der Waals surface area contributed by atoms with E-state index >= 15 is 0 Å². The van der Waals surface area contributed by atoms with E-state index in [0.717, 1.165) is 5.92 Å². The highest BCUT2D eigenvalue weighted by atomic mass is 32.2. The van der Waals surface area contributed by atoms with Crippen LogP contribution in [0.25, 0.3) is 0 Å². The Labute approximate surface area is 124 Å². The highest BCUT2D eigenvalue weighted by Gasteiger charge is 2.25. The predicted molar refractivity (Wildman–Crippen MR) is 86.6 cm³/mol. The van der Waals surface area contributed by atoms with Gasteiger partial charge in [0.25, 0.3) is 0 Å². The fraction of sp³-hybridized carbons (Fsp3) is 1.00. The topological polar surface area (TPSA) is 18.5 Å². The lowest BCUT2D eigenvalue weighted by atomic mass is 9.85. The average Bonchev–Trinajstić information content (AvgIpc) is 2.11. The summed E-state index contributed by atoms with van der Waals surface area (Å²) in [5, 5.41) is 0. The van der Waals surface area contributed by atoms with E-state index in [-0.39, 0.29) is 11.2 Å². The Hall–Kier alpha value is 0.270. The number of thioether (sulfide) groups is 1. The molecule has 1 aliphatic rings. The zero-order valence-corrected chi connectivity index (χ0v) is 15.2. The van der Waals surface area contributed by atoms with E-state index in [0.29, 0.717) is 5.41 Å². The predicted octanol–water partition coefficient (Wildman–Crippen LogP) is 5.32. The van der Waals surface area contributed by atoms with Gasteiger partial charge in [-0.25, -0.2) is 9.78 Å². The van der Waals surface area contributed by atoms with Gasteiger partial charge in [0.05, 0.1) is 11.2 Å². The van der Waals surface area contributed by atoms with E-state index in [1.807, 2.05) is 41.5 Å². The summed E-state index contributed by atoms with van der Waals surface area (Å²) in [6.45, 7) is 18.8. The molecule has 3 heteroatoms. The Balaban J connectivity index is 0.000000342. The maximum atomic E-state index is 5.09. The van der Waals surface area contributed by atoms with Crippen LogP contribution in [0.1, 0.15) is 68.7 Å². The standard InChI is InChI=1S/C8H18O2.C8H16S/c1-7(2,3)9-10-8(4,5)6;1-7-4-8(2,3)6-9-5-7/h1-6H3;7H,4-6H2,1-3H3. The van der Waals surface area contributed by atoms with Crippen LogP contribution in [0.3, 0.4) is 0 Å². The molecule has 0 saturated carbocycles. The molecule has 0 amide bonds. The normalized spacial score (nSPS) is 23.5. The summed E-state index contributed by atoms with van der Waals surface area (Å²) in [6, 6.07) is 0. The molecule has 116 valence electrons.